The maximum absolute atomic E-state index is 13.7. The Bertz CT molecular complexity index is 2250. The highest BCUT2D eigenvalue weighted by Gasteiger charge is 2.39. The molecule has 0 aliphatic carbocycles. The van der Waals surface area contributed by atoms with Crippen LogP contribution >= 0.6 is 0 Å². The fraction of sp³-hybridized carbons (Fsp3) is 0.391. The number of alkyl carbamates (subject to hydrolysis) is 2. The molecule has 7 rings (SSSR count). The molecule has 4 atom stereocenters. The van der Waals surface area contributed by atoms with Crippen LogP contribution in [0.4, 0.5) is 9.59 Å². The Morgan fingerprint density at radius 2 is 1.24 bits per heavy atom. The second-order valence-electron chi connectivity index (χ2n) is 16.0. The number of allylic oxidation sites excluding steroid dienone is 2. The molecular formula is C46H52N6O6. The van der Waals surface area contributed by atoms with Crippen molar-refractivity contribution in [1.82, 2.24) is 20.4 Å². The van der Waals surface area contributed by atoms with E-state index in [4.69, 9.17) is 19.5 Å². The Labute approximate surface area is 339 Å². The van der Waals surface area contributed by atoms with Gasteiger partial charge in [-0.05, 0) is 68.8 Å². The number of ether oxygens (including phenoxy) is 2. The number of benzene rings is 3. The number of hydrogen-bond donors (Lipinski definition) is 2. The summed E-state index contributed by atoms with van der Waals surface area (Å²) >= 11 is 0. The lowest BCUT2D eigenvalue weighted by Gasteiger charge is -2.31. The van der Waals surface area contributed by atoms with Gasteiger partial charge in [-0.1, -0.05) is 101 Å². The van der Waals surface area contributed by atoms with Gasteiger partial charge in [0.25, 0.3) is 0 Å². The second kappa shape index (κ2) is 17.2. The summed E-state index contributed by atoms with van der Waals surface area (Å²) in [4.78, 5) is 64.7. The average Bonchev–Trinajstić information content (AvgIpc) is 4.07. The molecule has 12 nitrogen and oxygen atoms in total. The number of nitrogens with one attached hydrogen (secondary N) is 2. The molecule has 1 saturated heterocycles. The summed E-state index contributed by atoms with van der Waals surface area (Å²) in [5.74, 6) is -0.477. The van der Waals surface area contributed by atoms with Crippen molar-refractivity contribution in [3.05, 3.63) is 96.3 Å². The maximum atomic E-state index is 13.7. The number of aliphatic imine (C=N–C) groups is 2. The maximum Gasteiger partial charge on any atom is 0.407 e. The Kier molecular flexibility index (Phi) is 11.9. The van der Waals surface area contributed by atoms with Crippen molar-refractivity contribution in [2.24, 2.45) is 21.8 Å². The van der Waals surface area contributed by atoms with E-state index in [0.717, 1.165) is 68.4 Å². The summed E-state index contributed by atoms with van der Waals surface area (Å²) in [5.41, 5.74) is 8.45. The number of hydrogen-bond acceptors (Lipinski definition) is 8. The first kappa shape index (κ1) is 40.2. The topological polar surface area (TPSA) is 142 Å². The molecule has 0 unspecified atom stereocenters. The van der Waals surface area contributed by atoms with Gasteiger partial charge in [-0.15, -0.1) is 0 Å². The van der Waals surface area contributed by atoms with Crippen LogP contribution < -0.4 is 10.6 Å². The second-order valence-corrected chi connectivity index (χ2v) is 16.0. The van der Waals surface area contributed by atoms with E-state index in [2.05, 4.69) is 71.3 Å². The highest BCUT2D eigenvalue weighted by atomic mass is 16.5. The summed E-state index contributed by atoms with van der Waals surface area (Å²) in [6.45, 7) is 8.72. The van der Waals surface area contributed by atoms with E-state index in [-0.39, 0.29) is 35.7 Å². The van der Waals surface area contributed by atoms with Gasteiger partial charge in [0.2, 0.25) is 11.8 Å². The molecule has 12 heteroatoms. The molecule has 1 fully saturated rings. The molecule has 4 aliphatic heterocycles. The minimum Gasteiger partial charge on any atom is -0.453 e. The molecule has 4 amide bonds. The molecule has 3 aromatic carbocycles. The van der Waals surface area contributed by atoms with Crippen LogP contribution in [0.5, 0.6) is 0 Å². The Morgan fingerprint density at radius 1 is 0.690 bits per heavy atom. The Morgan fingerprint density at radius 3 is 1.88 bits per heavy atom. The normalized spacial score (nSPS) is 19.9. The third kappa shape index (κ3) is 8.05. The van der Waals surface area contributed by atoms with E-state index in [1.807, 2.05) is 57.1 Å². The molecule has 58 heavy (non-hydrogen) atoms. The molecule has 0 saturated carbocycles. The molecular weight excluding hydrogens is 733 g/mol. The summed E-state index contributed by atoms with van der Waals surface area (Å²) in [6, 6.07) is 19.6. The van der Waals surface area contributed by atoms with E-state index in [0.29, 0.717) is 25.9 Å². The van der Waals surface area contributed by atoms with Crippen LogP contribution in [0, 0.1) is 11.8 Å². The number of carbonyl (C=O) groups excluding carboxylic acids is 4. The molecule has 2 N–H and O–H groups in total. The standard InChI is InChI=1S/C46H52N6O6/c1-27(2)41(49-45(55)57-5)43(53)51-21-9-15-39(51)37-23-31(25-47-37)29-17-19-30(20-18-29)33-11-7-14-36-34(12-8-13-35(33)36)32-24-38(48-26-32)40-16-10-22-52(40)44(54)42(28(3)4)50-46(56)58-6/h7-8,10-14,16-20,25-28,39-42H,9,15,21-24H2,1-6H3,(H,49,55)(H,50,56)/t39-,40-,41-,42-/m0/s1. The molecule has 0 aromatic heterocycles. The Hall–Kier alpha value is -6.04. The van der Waals surface area contributed by atoms with Gasteiger partial charge >= 0.3 is 12.2 Å². The highest BCUT2D eigenvalue weighted by molar-refractivity contribution is 6.10. The quantitative estimate of drug-likeness (QED) is 0.194. The van der Waals surface area contributed by atoms with E-state index in [9.17, 15) is 19.2 Å². The first-order valence-corrected chi connectivity index (χ1v) is 20.1. The van der Waals surface area contributed by atoms with Crippen molar-refractivity contribution in [3.63, 3.8) is 0 Å². The van der Waals surface area contributed by atoms with E-state index in [1.165, 1.54) is 14.2 Å². The van der Waals surface area contributed by atoms with Crippen molar-refractivity contribution in [2.75, 3.05) is 27.3 Å². The van der Waals surface area contributed by atoms with Crippen LogP contribution in [0.1, 0.15) is 64.5 Å². The van der Waals surface area contributed by atoms with Gasteiger partial charge in [-0.25, -0.2) is 9.59 Å². The summed E-state index contributed by atoms with van der Waals surface area (Å²) in [6.07, 6.45) is 9.58. The predicted octanol–water partition coefficient (Wildman–Crippen LogP) is 7.40. The lowest BCUT2D eigenvalue weighted by Crippen LogP contribution is -2.53. The number of methoxy groups -OCH3 is 2. The van der Waals surface area contributed by atoms with Crippen molar-refractivity contribution in [1.29, 1.82) is 0 Å². The Balaban J connectivity index is 1.03. The lowest BCUT2D eigenvalue weighted by atomic mass is 9.90. The zero-order valence-corrected chi connectivity index (χ0v) is 34.0. The molecule has 0 radical (unpaired) electrons. The van der Waals surface area contributed by atoms with Gasteiger partial charge < -0.3 is 29.9 Å². The first-order valence-electron chi connectivity index (χ1n) is 20.1. The van der Waals surface area contributed by atoms with Crippen molar-refractivity contribution in [3.8, 4) is 11.1 Å². The third-order valence-corrected chi connectivity index (χ3v) is 11.6. The number of likely N-dealkylation sites (tertiary alicyclic amines) is 1. The van der Waals surface area contributed by atoms with Crippen molar-refractivity contribution in [2.45, 2.75) is 77.5 Å². The smallest absolute Gasteiger partial charge is 0.407 e. The van der Waals surface area contributed by atoms with Crippen molar-refractivity contribution >= 4 is 57.3 Å². The van der Waals surface area contributed by atoms with Gasteiger partial charge in [-0.3, -0.25) is 19.6 Å². The monoisotopic (exact) mass is 784 g/mol. The highest BCUT2D eigenvalue weighted by Crippen LogP contribution is 2.37. The van der Waals surface area contributed by atoms with E-state index in [1.54, 1.807) is 4.90 Å². The number of nitrogens with zero attached hydrogens (tertiary/aromatic N) is 4. The lowest BCUT2D eigenvalue weighted by molar-refractivity contribution is -0.134. The fourth-order valence-electron chi connectivity index (χ4n) is 8.50. The van der Waals surface area contributed by atoms with Crippen LogP contribution in [0.15, 0.2) is 95.2 Å². The van der Waals surface area contributed by atoms with Crippen LogP contribution in [0.3, 0.4) is 0 Å². The van der Waals surface area contributed by atoms with Crippen LogP contribution in [-0.2, 0) is 19.1 Å². The predicted molar refractivity (Wildman–Crippen MR) is 227 cm³/mol. The van der Waals surface area contributed by atoms with E-state index >= 15 is 0 Å². The molecule has 4 aliphatic rings. The molecule has 302 valence electrons. The number of rotatable bonds is 11. The zero-order chi connectivity index (χ0) is 41.1. The summed E-state index contributed by atoms with van der Waals surface area (Å²) in [5, 5.41) is 7.69. The average molecular weight is 785 g/mol. The van der Waals surface area contributed by atoms with Gasteiger partial charge in [0.05, 0.1) is 26.3 Å². The largest absolute Gasteiger partial charge is 0.453 e. The number of fused-ring (bicyclic) bond motifs is 1. The fourth-order valence-corrected chi connectivity index (χ4v) is 8.50. The molecule has 4 heterocycles. The molecule has 0 spiro atoms. The summed E-state index contributed by atoms with van der Waals surface area (Å²) in [7, 11) is 2.59. The van der Waals surface area contributed by atoms with Gasteiger partial charge in [0.15, 0.2) is 0 Å². The first-order chi connectivity index (χ1) is 28.0. The number of amides is 4. The van der Waals surface area contributed by atoms with Gasteiger partial charge in [0.1, 0.15) is 12.1 Å². The van der Waals surface area contributed by atoms with Gasteiger partial charge in [-0.2, -0.15) is 0 Å². The summed E-state index contributed by atoms with van der Waals surface area (Å²) < 4.78 is 9.57. The van der Waals surface area contributed by atoms with E-state index < -0.39 is 24.3 Å². The number of carbonyl (C=O) groups is 4. The third-order valence-electron chi connectivity index (χ3n) is 11.6. The van der Waals surface area contributed by atoms with Gasteiger partial charge in [0, 0.05) is 49.8 Å². The minimum atomic E-state index is -0.711. The zero-order valence-electron chi connectivity index (χ0n) is 34.0. The van der Waals surface area contributed by atoms with Crippen LogP contribution in [-0.4, -0.2) is 96.7 Å². The molecule has 3 aromatic rings. The SMILES string of the molecule is COC(=O)N[C@H](C(=O)N1CC=C[C@H]1C1=NC=C(c2cccc3c(-c4ccc(C5=CN=C([C@@H]6CCCN6C(=O)[C@@H](NC(=O)OC)C(C)C)C5)cc4)cccc23)C1)C(C)C. The van der Waals surface area contributed by atoms with Crippen LogP contribution in [0.2, 0.25) is 0 Å². The van der Waals surface area contributed by atoms with Crippen molar-refractivity contribution < 1.29 is 28.7 Å². The molecule has 0 bridgehead atoms. The minimum absolute atomic E-state index is 0.0901. The van der Waals surface area contributed by atoms with Crippen LogP contribution in [0.25, 0.3) is 33.0 Å².